The van der Waals surface area contributed by atoms with Gasteiger partial charge in [0, 0.05) is 31.0 Å². The molecule has 2 N–H and O–H groups in total. The van der Waals surface area contributed by atoms with E-state index in [1.807, 2.05) is 25.4 Å². The van der Waals surface area contributed by atoms with Gasteiger partial charge in [0.05, 0.1) is 41.2 Å². The van der Waals surface area contributed by atoms with Crippen molar-refractivity contribution in [3.05, 3.63) is 35.8 Å². The van der Waals surface area contributed by atoms with Gasteiger partial charge in [0.2, 0.25) is 5.95 Å². The van der Waals surface area contributed by atoms with Gasteiger partial charge >= 0.3 is 6.09 Å². The highest BCUT2D eigenvalue weighted by atomic mass is 16.7. The van der Waals surface area contributed by atoms with Crippen LogP contribution in [0.15, 0.2) is 24.5 Å². The molecule has 0 radical (unpaired) electrons. The molecule has 0 aromatic carbocycles. The molecule has 2 saturated heterocycles. The number of carbonyl (C=O) groups is 1. The van der Waals surface area contributed by atoms with Crippen molar-refractivity contribution in [3.8, 4) is 11.3 Å². The van der Waals surface area contributed by atoms with E-state index in [1.54, 1.807) is 0 Å². The summed E-state index contributed by atoms with van der Waals surface area (Å²) in [6.45, 7) is 6.89. The van der Waals surface area contributed by atoms with Crippen LogP contribution in [0.2, 0.25) is 0 Å². The van der Waals surface area contributed by atoms with Crippen LogP contribution in [-0.2, 0) is 16.1 Å². The van der Waals surface area contributed by atoms with E-state index in [4.69, 9.17) is 19.5 Å². The molecule has 3 aromatic rings. The van der Waals surface area contributed by atoms with Gasteiger partial charge in [0.15, 0.2) is 6.17 Å². The fourth-order valence-electron chi connectivity index (χ4n) is 6.96. The Morgan fingerprint density at radius 3 is 2.74 bits per heavy atom. The third kappa shape index (κ3) is 4.63. The van der Waals surface area contributed by atoms with Gasteiger partial charge in [-0.15, -0.1) is 5.48 Å². The van der Waals surface area contributed by atoms with Crippen LogP contribution in [0.3, 0.4) is 0 Å². The molecule has 1 unspecified atom stereocenters. The number of hydroxylamine groups is 1. The molecule has 2 aliphatic carbocycles. The number of aryl methyl sites for hydroxylation is 1. The van der Waals surface area contributed by atoms with E-state index in [1.165, 1.54) is 32.1 Å². The Balaban J connectivity index is 1.41. The summed E-state index contributed by atoms with van der Waals surface area (Å²) < 4.78 is 8.62. The molecule has 5 heterocycles. The van der Waals surface area contributed by atoms with E-state index in [9.17, 15) is 4.79 Å². The molecule has 2 saturated carbocycles. The van der Waals surface area contributed by atoms with Crippen LogP contribution in [0, 0.1) is 18.8 Å². The monoisotopic (exact) mass is 531 g/mol. The van der Waals surface area contributed by atoms with Gasteiger partial charge < -0.3 is 19.0 Å². The first-order valence-corrected chi connectivity index (χ1v) is 14.5. The third-order valence-electron chi connectivity index (χ3n) is 9.02. The summed E-state index contributed by atoms with van der Waals surface area (Å²) in [4.78, 5) is 34.3. The topological polar surface area (TPSA) is 106 Å². The number of morpholine rings is 1. The molecule has 2 aliphatic heterocycles. The number of imidazole rings is 1. The molecular weight excluding hydrogens is 494 g/mol. The van der Waals surface area contributed by atoms with Gasteiger partial charge in [0.1, 0.15) is 0 Å². The lowest BCUT2D eigenvalue weighted by molar-refractivity contribution is 0.0247. The summed E-state index contributed by atoms with van der Waals surface area (Å²) >= 11 is 0. The van der Waals surface area contributed by atoms with Gasteiger partial charge in [-0.05, 0) is 68.6 Å². The molecule has 4 fully saturated rings. The number of hydrogen-bond acceptors (Lipinski definition) is 8. The summed E-state index contributed by atoms with van der Waals surface area (Å²) in [5.74, 6) is 2.42. The minimum absolute atomic E-state index is 0.270. The van der Waals surface area contributed by atoms with Gasteiger partial charge in [-0.3, -0.25) is 10.3 Å². The fraction of sp³-hybridized carbons (Fsp3) is 0.586. The first-order valence-electron chi connectivity index (χ1n) is 14.5. The summed E-state index contributed by atoms with van der Waals surface area (Å²) in [5, 5.41) is 2.80. The van der Waals surface area contributed by atoms with Crippen molar-refractivity contribution in [1.82, 2.24) is 30.3 Å². The number of fused-ring (bicyclic) bond motifs is 2. The highest BCUT2D eigenvalue weighted by Gasteiger charge is 2.39. The van der Waals surface area contributed by atoms with Gasteiger partial charge in [-0.2, -0.15) is 0 Å². The summed E-state index contributed by atoms with van der Waals surface area (Å²) in [6, 6.07) is 4.46. The number of rotatable bonds is 5. The molecule has 1 amide bonds. The lowest BCUT2D eigenvalue weighted by atomic mass is 9.83. The second-order valence-corrected chi connectivity index (χ2v) is 11.8. The third-order valence-corrected chi connectivity index (χ3v) is 9.02. The highest BCUT2D eigenvalue weighted by Crippen LogP contribution is 2.39. The molecule has 0 bridgehead atoms. The van der Waals surface area contributed by atoms with E-state index in [2.05, 4.69) is 38.2 Å². The molecule has 4 aliphatic rings. The molecule has 7 rings (SSSR count). The van der Waals surface area contributed by atoms with Crippen LogP contribution in [-0.4, -0.2) is 50.9 Å². The zero-order valence-electron chi connectivity index (χ0n) is 22.7. The van der Waals surface area contributed by atoms with E-state index in [0.717, 1.165) is 72.3 Å². The predicted molar refractivity (Wildman–Crippen MR) is 147 cm³/mol. The Morgan fingerprint density at radius 1 is 1.08 bits per heavy atom. The number of pyridine rings is 2. The van der Waals surface area contributed by atoms with Crippen molar-refractivity contribution in [3.63, 3.8) is 0 Å². The molecule has 10 nitrogen and oxygen atoms in total. The van der Waals surface area contributed by atoms with Crippen molar-refractivity contribution in [2.75, 3.05) is 18.1 Å². The number of amides is 1. The van der Waals surface area contributed by atoms with Crippen molar-refractivity contribution in [1.29, 1.82) is 0 Å². The number of hydrogen-bond donors (Lipinski definition) is 2. The zero-order chi connectivity index (χ0) is 26.5. The molecular formula is C29H37N7O3. The average molecular weight is 532 g/mol. The van der Waals surface area contributed by atoms with Crippen molar-refractivity contribution < 1.29 is 14.4 Å². The zero-order valence-corrected chi connectivity index (χ0v) is 22.7. The lowest BCUT2D eigenvalue weighted by Crippen LogP contribution is -2.49. The van der Waals surface area contributed by atoms with Gasteiger partial charge in [0.25, 0.3) is 0 Å². The van der Waals surface area contributed by atoms with E-state index in [0.29, 0.717) is 17.7 Å². The van der Waals surface area contributed by atoms with Crippen LogP contribution in [0.25, 0.3) is 22.3 Å². The molecule has 206 valence electrons. The highest BCUT2D eigenvalue weighted by molar-refractivity contribution is 5.92. The average Bonchev–Trinajstić information content (AvgIpc) is 3.68. The Bertz CT molecular complexity index is 1380. The maximum Gasteiger partial charge on any atom is 0.427 e. The smallest absolute Gasteiger partial charge is 0.374 e. The second kappa shape index (κ2) is 10.1. The van der Waals surface area contributed by atoms with Gasteiger partial charge in [-0.25, -0.2) is 14.8 Å². The van der Waals surface area contributed by atoms with Crippen LogP contribution in [0.1, 0.15) is 69.3 Å². The van der Waals surface area contributed by atoms with Crippen molar-refractivity contribution in [2.24, 2.45) is 11.8 Å². The minimum Gasteiger partial charge on any atom is -0.374 e. The number of aromatic nitrogens is 4. The minimum atomic E-state index is -0.547. The Hall–Kier alpha value is -3.24. The number of ether oxygens (including phenoxy) is 1. The Morgan fingerprint density at radius 2 is 1.95 bits per heavy atom. The first-order chi connectivity index (χ1) is 19.0. The summed E-state index contributed by atoms with van der Waals surface area (Å²) in [7, 11) is 0. The molecule has 3 atom stereocenters. The van der Waals surface area contributed by atoms with Crippen LogP contribution >= 0.6 is 0 Å². The lowest BCUT2D eigenvalue weighted by Gasteiger charge is -2.39. The summed E-state index contributed by atoms with van der Waals surface area (Å²) in [5.41, 5.74) is 8.17. The number of carbonyl (C=O) groups excluding carboxylic acids is 1. The second-order valence-electron chi connectivity index (χ2n) is 11.8. The number of anilines is 1. The largest absolute Gasteiger partial charge is 0.427 e. The first kappa shape index (κ1) is 24.8. The van der Waals surface area contributed by atoms with Crippen molar-refractivity contribution >= 4 is 23.1 Å². The fourth-order valence-corrected chi connectivity index (χ4v) is 6.96. The summed E-state index contributed by atoms with van der Waals surface area (Å²) in [6.07, 6.45) is 11.4. The maximum atomic E-state index is 11.8. The van der Waals surface area contributed by atoms with E-state index < -0.39 is 12.3 Å². The predicted octanol–water partition coefficient (Wildman–Crippen LogP) is 4.63. The number of nitrogens with zero attached hydrogens (tertiary/aromatic N) is 5. The van der Waals surface area contributed by atoms with Crippen LogP contribution < -0.4 is 15.7 Å². The SMILES string of the molecule is Cc1cncc(-c2nc(C3NOC(=O)N3)cc3nc(N4CCO[C@H]5CCC[C@@H]54)n(CC4CCC(C)CC4)c23)c1. The standard InChI is InChI=1S/C29H37N7O3/c1-17-6-8-19(9-7-17)16-36-26-21(32-28(36)35-10-11-38-24-5-3-4-23(24)35)13-22(27-33-29(37)39-34-27)31-25(26)20-12-18(2)14-30-15-20/h12-15,17,19,23-24,27,34H,3-11,16H2,1-2H3,(H,33,37)/t17?,19?,23-,24-,27?/m0/s1. The molecule has 10 heteroatoms. The molecule has 3 aromatic heterocycles. The van der Waals surface area contributed by atoms with Crippen molar-refractivity contribution in [2.45, 2.75) is 83.6 Å². The Labute approximate surface area is 228 Å². The van der Waals surface area contributed by atoms with E-state index in [-0.39, 0.29) is 6.10 Å². The molecule has 39 heavy (non-hydrogen) atoms. The molecule has 0 spiro atoms. The number of nitrogens with one attached hydrogen (secondary N) is 2. The Kier molecular flexibility index (Phi) is 6.39. The van der Waals surface area contributed by atoms with Crippen LogP contribution in [0.4, 0.5) is 10.7 Å². The normalized spacial score (nSPS) is 28.9. The maximum absolute atomic E-state index is 11.8. The quantitative estimate of drug-likeness (QED) is 0.491. The van der Waals surface area contributed by atoms with Crippen LogP contribution in [0.5, 0.6) is 0 Å². The van der Waals surface area contributed by atoms with Gasteiger partial charge in [-0.1, -0.05) is 19.8 Å². The van der Waals surface area contributed by atoms with E-state index >= 15 is 0 Å².